The number of ketones is 1. The topological polar surface area (TPSA) is 95.2 Å². The van der Waals surface area contributed by atoms with Gasteiger partial charge < -0.3 is 4.74 Å². The standard InChI is InChI=1S/C9H11N3O4/c1-3-6(13)4-7-8(12(14)15)9(16-2)11-5-10-7/h5H,3-4H2,1-2H3. The van der Waals surface area contributed by atoms with Crippen molar-refractivity contribution in [3.63, 3.8) is 0 Å². The lowest BCUT2D eigenvalue weighted by Gasteiger charge is -2.03. The van der Waals surface area contributed by atoms with E-state index in [0.717, 1.165) is 6.33 Å². The zero-order valence-corrected chi connectivity index (χ0v) is 8.97. The Kier molecular flexibility index (Phi) is 3.87. The van der Waals surface area contributed by atoms with Gasteiger partial charge in [0, 0.05) is 6.42 Å². The zero-order chi connectivity index (χ0) is 12.1. The van der Waals surface area contributed by atoms with E-state index in [1.807, 2.05) is 0 Å². The van der Waals surface area contributed by atoms with Crippen LogP contribution in [0, 0.1) is 10.1 Å². The number of nitrogens with zero attached hydrogens (tertiary/aromatic N) is 3. The predicted molar refractivity (Wildman–Crippen MR) is 54.2 cm³/mol. The van der Waals surface area contributed by atoms with E-state index in [1.165, 1.54) is 7.11 Å². The highest BCUT2D eigenvalue weighted by molar-refractivity contribution is 5.81. The van der Waals surface area contributed by atoms with Crippen LogP contribution >= 0.6 is 0 Å². The first kappa shape index (κ1) is 12.0. The Bertz CT molecular complexity index is 419. The zero-order valence-electron chi connectivity index (χ0n) is 8.97. The van der Waals surface area contributed by atoms with Crippen LogP contribution in [-0.2, 0) is 11.2 Å². The first-order chi connectivity index (χ1) is 7.60. The third-order valence-corrected chi connectivity index (χ3v) is 2.00. The number of Topliss-reactive ketones (excluding diaryl/α,β-unsaturated/α-hetero) is 1. The van der Waals surface area contributed by atoms with Crippen LogP contribution in [0.2, 0.25) is 0 Å². The molecule has 0 atom stereocenters. The molecule has 0 aromatic carbocycles. The van der Waals surface area contributed by atoms with E-state index in [1.54, 1.807) is 6.92 Å². The number of hydrogen-bond acceptors (Lipinski definition) is 6. The van der Waals surface area contributed by atoms with Crippen molar-refractivity contribution in [1.29, 1.82) is 0 Å². The van der Waals surface area contributed by atoms with Gasteiger partial charge in [-0.15, -0.1) is 0 Å². The number of nitro groups is 1. The number of carbonyl (C=O) groups is 1. The van der Waals surface area contributed by atoms with E-state index < -0.39 is 4.92 Å². The highest BCUT2D eigenvalue weighted by atomic mass is 16.6. The van der Waals surface area contributed by atoms with Crippen LogP contribution in [0.3, 0.4) is 0 Å². The first-order valence-electron chi connectivity index (χ1n) is 4.64. The second-order valence-electron chi connectivity index (χ2n) is 3.00. The van der Waals surface area contributed by atoms with Gasteiger partial charge in [0.05, 0.1) is 18.5 Å². The van der Waals surface area contributed by atoms with E-state index >= 15 is 0 Å². The molecule has 0 radical (unpaired) electrons. The molecule has 0 saturated heterocycles. The van der Waals surface area contributed by atoms with Crippen LogP contribution in [-0.4, -0.2) is 27.8 Å². The van der Waals surface area contributed by atoms with Gasteiger partial charge in [-0.2, -0.15) is 4.98 Å². The van der Waals surface area contributed by atoms with Gasteiger partial charge in [-0.3, -0.25) is 14.9 Å². The number of rotatable bonds is 5. The molecular formula is C9H11N3O4. The lowest BCUT2D eigenvalue weighted by atomic mass is 10.1. The van der Waals surface area contributed by atoms with Gasteiger partial charge in [-0.1, -0.05) is 6.92 Å². The summed E-state index contributed by atoms with van der Waals surface area (Å²) in [6.45, 7) is 1.69. The fourth-order valence-corrected chi connectivity index (χ4v) is 1.17. The van der Waals surface area contributed by atoms with E-state index in [9.17, 15) is 14.9 Å². The molecule has 7 nitrogen and oxygen atoms in total. The molecule has 0 bridgehead atoms. The summed E-state index contributed by atoms with van der Waals surface area (Å²) < 4.78 is 4.76. The predicted octanol–water partition coefficient (Wildman–Crippen LogP) is 0.915. The van der Waals surface area contributed by atoms with Gasteiger partial charge in [0.1, 0.15) is 17.8 Å². The molecule has 0 spiro atoms. The molecule has 0 aliphatic rings. The molecule has 1 heterocycles. The maximum atomic E-state index is 11.2. The van der Waals surface area contributed by atoms with Crippen molar-refractivity contribution in [3.8, 4) is 5.88 Å². The maximum absolute atomic E-state index is 11.2. The molecule has 0 amide bonds. The first-order valence-corrected chi connectivity index (χ1v) is 4.64. The van der Waals surface area contributed by atoms with Crippen LogP contribution in [0.15, 0.2) is 6.33 Å². The largest absolute Gasteiger partial charge is 0.476 e. The van der Waals surface area contributed by atoms with Gasteiger partial charge in [-0.05, 0) is 0 Å². The molecule has 0 N–H and O–H groups in total. The Morgan fingerprint density at radius 3 is 2.75 bits per heavy atom. The molecule has 1 aromatic heterocycles. The van der Waals surface area contributed by atoms with E-state index in [2.05, 4.69) is 9.97 Å². The highest BCUT2D eigenvalue weighted by Crippen LogP contribution is 2.26. The van der Waals surface area contributed by atoms with Crippen molar-refractivity contribution in [2.75, 3.05) is 7.11 Å². The van der Waals surface area contributed by atoms with Crippen molar-refractivity contribution in [2.24, 2.45) is 0 Å². The van der Waals surface area contributed by atoms with Gasteiger partial charge >= 0.3 is 5.69 Å². The Balaban J connectivity index is 3.17. The molecule has 1 aromatic rings. The molecule has 16 heavy (non-hydrogen) atoms. The second-order valence-corrected chi connectivity index (χ2v) is 3.00. The summed E-state index contributed by atoms with van der Waals surface area (Å²) in [5.41, 5.74) is -0.254. The van der Waals surface area contributed by atoms with Crippen LogP contribution < -0.4 is 4.74 Å². The third-order valence-electron chi connectivity index (χ3n) is 2.00. The summed E-state index contributed by atoms with van der Waals surface area (Å²) in [5.74, 6) is -0.247. The van der Waals surface area contributed by atoms with Crippen molar-refractivity contribution in [2.45, 2.75) is 19.8 Å². The second kappa shape index (κ2) is 5.15. The summed E-state index contributed by atoms with van der Waals surface area (Å²) in [4.78, 5) is 28.8. The molecule has 7 heteroatoms. The Morgan fingerprint density at radius 2 is 2.25 bits per heavy atom. The smallest absolute Gasteiger partial charge is 0.352 e. The number of ether oxygens (including phenoxy) is 1. The van der Waals surface area contributed by atoms with Crippen LogP contribution in [0.5, 0.6) is 5.88 Å². The lowest BCUT2D eigenvalue weighted by molar-refractivity contribution is -0.387. The number of aromatic nitrogens is 2. The van der Waals surface area contributed by atoms with Crippen molar-refractivity contribution in [3.05, 3.63) is 22.1 Å². The number of hydrogen-bond donors (Lipinski definition) is 0. The van der Waals surface area contributed by atoms with Crippen LogP contribution in [0.25, 0.3) is 0 Å². The fourth-order valence-electron chi connectivity index (χ4n) is 1.17. The normalized spacial score (nSPS) is 9.88. The SMILES string of the molecule is CCC(=O)Cc1ncnc(OC)c1[N+](=O)[O-]. The third kappa shape index (κ3) is 2.50. The molecule has 0 unspecified atom stereocenters. The van der Waals surface area contributed by atoms with Gasteiger partial charge in [-0.25, -0.2) is 4.98 Å². The molecule has 0 saturated carbocycles. The van der Waals surface area contributed by atoms with E-state index in [0.29, 0.717) is 6.42 Å². The highest BCUT2D eigenvalue weighted by Gasteiger charge is 2.24. The summed E-state index contributed by atoms with van der Waals surface area (Å²) >= 11 is 0. The summed E-state index contributed by atoms with van der Waals surface area (Å²) in [6.07, 6.45) is 1.37. The molecule has 0 fully saturated rings. The maximum Gasteiger partial charge on any atom is 0.352 e. The summed E-state index contributed by atoms with van der Waals surface area (Å²) in [6, 6.07) is 0. The fraction of sp³-hybridized carbons (Fsp3) is 0.444. The summed E-state index contributed by atoms with van der Waals surface area (Å²) in [7, 11) is 1.28. The number of methoxy groups -OCH3 is 1. The van der Waals surface area contributed by atoms with Gasteiger partial charge in [0.15, 0.2) is 0 Å². The molecule has 0 aliphatic carbocycles. The molecular weight excluding hydrogens is 214 g/mol. The average Bonchev–Trinajstić information content (AvgIpc) is 2.28. The van der Waals surface area contributed by atoms with Crippen molar-refractivity contribution >= 4 is 11.5 Å². The van der Waals surface area contributed by atoms with Crippen molar-refractivity contribution in [1.82, 2.24) is 9.97 Å². The molecule has 0 aliphatic heterocycles. The number of carbonyl (C=O) groups excluding carboxylic acids is 1. The average molecular weight is 225 g/mol. The monoisotopic (exact) mass is 225 g/mol. The van der Waals surface area contributed by atoms with E-state index in [4.69, 9.17) is 4.74 Å². The van der Waals surface area contributed by atoms with Gasteiger partial charge in [0.25, 0.3) is 5.88 Å². The Labute approximate surface area is 91.6 Å². The van der Waals surface area contributed by atoms with Crippen LogP contribution in [0.4, 0.5) is 5.69 Å². The molecule has 86 valence electrons. The minimum Gasteiger partial charge on any atom is -0.476 e. The van der Waals surface area contributed by atoms with Crippen LogP contribution in [0.1, 0.15) is 19.0 Å². The quantitative estimate of drug-likeness (QED) is 0.546. The molecule has 1 rings (SSSR count). The minimum absolute atomic E-state index is 0.0777. The Hall–Kier alpha value is -2.05. The minimum atomic E-state index is -0.642. The Morgan fingerprint density at radius 1 is 1.56 bits per heavy atom. The van der Waals surface area contributed by atoms with E-state index in [-0.39, 0.29) is 29.5 Å². The lowest BCUT2D eigenvalue weighted by Crippen LogP contribution is -2.08. The van der Waals surface area contributed by atoms with Crippen molar-refractivity contribution < 1.29 is 14.5 Å². The summed E-state index contributed by atoms with van der Waals surface area (Å²) in [5, 5.41) is 10.8. The van der Waals surface area contributed by atoms with Gasteiger partial charge in [0.2, 0.25) is 0 Å².